The Balaban J connectivity index is 1.94. The molecule has 2 aromatic carbocycles. The molecular weight excluding hydrogens is 260 g/mol. The number of nitrogens with one attached hydrogen (secondary N) is 1. The van der Waals surface area contributed by atoms with Crippen molar-refractivity contribution in [1.82, 2.24) is 10.2 Å². The lowest BCUT2D eigenvalue weighted by molar-refractivity contribution is -0.110. The number of hydrogen-bond donors (Lipinski definition) is 1. The highest BCUT2D eigenvalue weighted by Gasteiger charge is 2.27. The van der Waals surface area contributed by atoms with Gasteiger partial charge in [0.15, 0.2) is 0 Å². The molecule has 108 valence electrons. The Morgan fingerprint density at radius 1 is 1.00 bits per heavy atom. The molecule has 3 heteroatoms. The molecule has 1 aliphatic rings. The van der Waals surface area contributed by atoms with Gasteiger partial charge in [0.05, 0.1) is 12.1 Å². The molecule has 1 heterocycles. The molecule has 0 bridgehead atoms. The fourth-order valence-corrected chi connectivity index (χ4v) is 3.01. The van der Waals surface area contributed by atoms with Crippen molar-refractivity contribution in [2.75, 3.05) is 19.6 Å². The van der Waals surface area contributed by atoms with E-state index in [9.17, 15) is 4.79 Å². The monoisotopic (exact) mass is 280 g/mol. The van der Waals surface area contributed by atoms with Crippen molar-refractivity contribution in [1.29, 1.82) is 0 Å². The van der Waals surface area contributed by atoms with Crippen LogP contribution < -0.4 is 5.32 Å². The zero-order valence-electron chi connectivity index (χ0n) is 12.0. The lowest BCUT2D eigenvalue weighted by Gasteiger charge is -2.37. The number of aldehydes is 1. The van der Waals surface area contributed by atoms with E-state index in [1.54, 1.807) is 0 Å². The molecule has 1 saturated heterocycles. The molecule has 1 aliphatic heterocycles. The fraction of sp³-hybridized carbons (Fsp3) is 0.278. The van der Waals surface area contributed by atoms with Crippen LogP contribution in [0.15, 0.2) is 60.7 Å². The molecule has 1 atom stereocenters. The number of rotatable bonds is 4. The van der Waals surface area contributed by atoms with Crippen LogP contribution in [0.2, 0.25) is 0 Å². The zero-order valence-corrected chi connectivity index (χ0v) is 12.0. The Bertz CT molecular complexity index is 531. The van der Waals surface area contributed by atoms with Crippen molar-refractivity contribution >= 4 is 6.29 Å². The molecular formula is C18H20N2O. The summed E-state index contributed by atoms with van der Waals surface area (Å²) in [6, 6.07) is 21.2. The van der Waals surface area contributed by atoms with Crippen LogP contribution in [0.4, 0.5) is 0 Å². The first-order valence-corrected chi connectivity index (χ1v) is 7.41. The molecule has 2 aromatic rings. The van der Waals surface area contributed by atoms with Gasteiger partial charge < -0.3 is 10.1 Å². The maximum atomic E-state index is 11.1. The Hall–Kier alpha value is -1.97. The first-order chi connectivity index (χ1) is 10.4. The van der Waals surface area contributed by atoms with E-state index in [1.165, 1.54) is 11.1 Å². The molecule has 0 amide bonds. The SMILES string of the molecule is O=CC1CN(C(c2ccccc2)c2ccccc2)CCN1. The van der Waals surface area contributed by atoms with Crippen molar-refractivity contribution in [3.63, 3.8) is 0 Å². The summed E-state index contributed by atoms with van der Waals surface area (Å²) in [7, 11) is 0. The van der Waals surface area contributed by atoms with Gasteiger partial charge in [0.25, 0.3) is 0 Å². The first kappa shape index (κ1) is 14.0. The first-order valence-electron chi connectivity index (χ1n) is 7.41. The van der Waals surface area contributed by atoms with Crippen LogP contribution in [0.5, 0.6) is 0 Å². The third kappa shape index (κ3) is 3.20. The van der Waals surface area contributed by atoms with Crippen LogP contribution in [-0.2, 0) is 4.79 Å². The van der Waals surface area contributed by atoms with Crippen LogP contribution in [0.3, 0.4) is 0 Å². The van der Waals surface area contributed by atoms with Crippen molar-refractivity contribution in [3.8, 4) is 0 Å². The van der Waals surface area contributed by atoms with Gasteiger partial charge in [-0.05, 0) is 11.1 Å². The van der Waals surface area contributed by atoms with Gasteiger partial charge in [0.1, 0.15) is 6.29 Å². The number of nitrogens with zero attached hydrogens (tertiary/aromatic N) is 1. The van der Waals surface area contributed by atoms with E-state index in [1.807, 2.05) is 12.1 Å². The van der Waals surface area contributed by atoms with Crippen LogP contribution in [-0.4, -0.2) is 36.9 Å². The topological polar surface area (TPSA) is 32.3 Å². The standard InChI is InChI=1S/C18H20N2O/c21-14-17-13-20(12-11-19-17)18(15-7-3-1-4-8-15)16-9-5-2-6-10-16/h1-10,14,17-19H,11-13H2. The second-order valence-electron chi connectivity index (χ2n) is 5.42. The van der Waals surface area contributed by atoms with Crippen LogP contribution in [0, 0.1) is 0 Å². The molecule has 0 saturated carbocycles. The summed E-state index contributed by atoms with van der Waals surface area (Å²) in [4.78, 5) is 13.5. The number of carbonyl (C=O) groups is 1. The lowest BCUT2D eigenvalue weighted by atomic mass is 9.96. The maximum absolute atomic E-state index is 11.1. The quantitative estimate of drug-likeness (QED) is 0.872. The second-order valence-corrected chi connectivity index (χ2v) is 5.42. The van der Waals surface area contributed by atoms with E-state index in [2.05, 4.69) is 58.7 Å². The van der Waals surface area contributed by atoms with Crippen LogP contribution in [0.1, 0.15) is 17.2 Å². The number of piperazine rings is 1. The summed E-state index contributed by atoms with van der Waals surface area (Å²) < 4.78 is 0. The molecule has 3 rings (SSSR count). The molecule has 0 aliphatic carbocycles. The van der Waals surface area contributed by atoms with Gasteiger partial charge in [0, 0.05) is 19.6 Å². The third-order valence-electron chi connectivity index (χ3n) is 4.00. The minimum Gasteiger partial charge on any atom is -0.305 e. The van der Waals surface area contributed by atoms with E-state index in [0.29, 0.717) is 0 Å². The predicted molar refractivity (Wildman–Crippen MR) is 84.2 cm³/mol. The van der Waals surface area contributed by atoms with Gasteiger partial charge in [0.2, 0.25) is 0 Å². The van der Waals surface area contributed by atoms with E-state index in [-0.39, 0.29) is 12.1 Å². The highest BCUT2D eigenvalue weighted by Crippen LogP contribution is 2.29. The molecule has 1 unspecified atom stereocenters. The molecule has 1 N–H and O–H groups in total. The summed E-state index contributed by atoms with van der Waals surface area (Å²) in [6.45, 7) is 2.54. The minimum absolute atomic E-state index is 0.0753. The molecule has 0 radical (unpaired) electrons. The Kier molecular flexibility index (Phi) is 4.43. The second kappa shape index (κ2) is 6.66. The Morgan fingerprint density at radius 2 is 1.57 bits per heavy atom. The summed E-state index contributed by atoms with van der Waals surface area (Å²) in [5.74, 6) is 0. The Labute approximate surface area is 125 Å². The van der Waals surface area contributed by atoms with Gasteiger partial charge in [-0.3, -0.25) is 4.90 Å². The smallest absolute Gasteiger partial charge is 0.138 e. The number of benzene rings is 2. The average Bonchev–Trinajstić information content (AvgIpc) is 2.57. The normalized spacial score (nSPS) is 19.6. The molecule has 1 fully saturated rings. The fourth-order valence-electron chi connectivity index (χ4n) is 3.01. The predicted octanol–water partition coefficient (Wildman–Crippen LogP) is 2.25. The van der Waals surface area contributed by atoms with Crippen LogP contribution >= 0.6 is 0 Å². The van der Waals surface area contributed by atoms with E-state index in [4.69, 9.17) is 0 Å². The zero-order chi connectivity index (χ0) is 14.5. The third-order valence-corrected chi connectivity index (χ3v) is 4.00. The highest BCUT2D eigenvalue weighted by molar-refractivity contribution is 5.58. The van der Waals surface area contributed by atoms with Gasteiger partial charge >= 0.3 is 0 Å². The summed E-state index contributed by atoms with van der Waals surface area (Å²) in [5, 5.41) is 3.25. The van der Waals surface area contributed by atoms with E-state index < -0.39 is 0 Å². The van der Waals surface area contributed by atoms with Crippen LogP contribution in [0.25, 0.3) is 0 Å². The van der Waals surface area contributed by atoms with Crippen molar-refractivity contribution in [2.45, 2.75) is 12.1 Å². The average molecular weight is 280 g/mol. The number of carbonyl (C=O) groups excluding carboxylic acids is 1. The molecule has 3 nitrogen and oxygen atoms in total. The summed E-state index contributed by atoms with van der Waals surface area (Å²) >= 11 is 0. The van der Waals surface area contributed by atoms with Gasteiger partial charge in [-0.15, -0.1) is 0 Å². The minimum atomic E-state index is -0.0753. The Morgan fingerprint density at radius 3 is 2.10 bits per heavy atom. The largest absolute Gasteiger partial charge is 0.305 e. The maximum Gasteiger partial charge on any atom is 0.138 e. The molecule has 0 aromatic heterocycles. The van der Waals surface area contributed by atoms with E-state index >= 15 is 0 Å². The lowest BCUT2D eigenvalue weighted by Crippen LogP contribution is -2.52. The van der Waals surface area contributed by atoms with Crippen molar-refractivity contribution in [2.24, 2.45) is 0 Å². The van der Waals surface area contributed by atoms with Crippen molar-refractivity contribution < 1.29 is 4.79 Å². The van der Waals surface area contributed by atoms with Crippen molar-refractivity contribution in [3.05, 3.63) is 71.8 Å². The van der Waals surface area contributed by atoms with Gasteiger partial charge in [-0.2, -0.15) is 0 Å². The summed E-state index contributed by atoms with van der Waals surface area (Å²) in [6.07, 6.45) is 1.01. The highest BCUT2D eigenvalue weighted by atomic mass is 16.1. The van der Waals surface area contributed by atoms with Gasteiger partial charge in [-0.25, -0.2) is 0 Å². The van der Waals surface area contributed by atoms with E-state index in [0.717, 1.165) is 25.9 Å². The molecule has 0 spiro atoms. The van der Waals surface area contributed by atoms with Gasteiger partial charge in [-0.1, -0.05) is 60.7 Å². The molecule has 21 heavy (non-hydrogen) atoms. The summed E-state index contributed by atoms with van der Waals surface area (Å²) in [5.41, 5.74) is 2.55. The number of hydrogen-bond acceptors (Lipinski definition) is 3.